The largest absolute Gasteiger partial charge is 0.417 e. The lowest BCUT2D eigenvalue weighted by Crippen LogP contribution is -2.16. The summed E-state index contributed by atoms with van der Waals surface area (Å²) in [6, 6.07) is 7.96. The van der Waals surface area contributed by atoms with Gasteiger partial charge in [-0.05, 0) is 37.1 Å². The Kier molecular flexibility index (Phi) is 4.49. The fraction of sp³-hybridized carbons (Fsp3) is 0.250. The predicted octanol–water partition coefficient (Wildman–Crippen LogP) is 4.22. The highest BCUT2D eigenvalue weighted by molar-refractivity contribution is 6.05. The number of anilines is 1. The summed E-state index contributed by atoms with van der Waals surface area (Å²) in [6.07, 6.45) is -2.94. The van der Waals surface area contributed by atoms with Crippen LogP contribution in [0.4, 0.5) is 18.9 Å². The van der Waals surface area contributed by atoms with Crippen LogP contribution >= 0.6 is 0 Å². The molecule has 0 saturated heterocycles. The van der Waals surface area contributed by atoms with E-state index in [0.29, 0.717) is 5.69 Å². The summed E-state index contributed by atoms with van der Waals surface area (Å²) in [4.78, 5) is 15.8. The SMILES string of the molecule is CCc1ccc(NC(=O)c2cc(C(F)(F)F)cnc2C)cc1. The van der Waals surface area contributed by atoms with Gasteiger partial charge >= 0.3 is 6.18 Å². The number of alkyl halides is 3. The number of pyridine rings is 1. The minimum atomic E-state index is -4.53. The fourth-order valence-electron chi connectivity index (χ4n) is 1.94. The average molecular weight is 308 g/mol. The Morgan fingerprint density at radius 2 is 1.86 bits per heavy atom. The van der Waals surface area contributed by atoms with E-state index in [1.807, 2.05) is 19.1 Å². The maximum absolute atomic E-state index is 12.7. The number of nitrogens with zero attached hydrogens (tertiary/aromatic N) is 1. The minimum Gasteiger partial charge on any atom is -0.322 e. The first-order chi connectivity index (χ1) is 10.3. The Labute approximate surface area is 126 Å². The molecule has 0 spiro atoms. The zero-order chi connectivity index (χ0) is 16.3. The Balaban J connectivity index is 2.25. The standard InChI is InChI=1S/C16H15F3N2O/c1-3-11-4-6-13(7-5-11)21-15(22)14-8-12(16(17,18)19)9-20-10(14)2/h4-9H,3H2,1-2H3,(H,21,22). The molecule has 0 saturated carbocycles. The number of hydrogen-bond donors (Lipinski definition) is 1. The molecule has 0 bridgehead atoms. The molecule has 1 N–H and O–H groups in total. The van der Waals surface area contributed by atoms with Gasteiger partial charge in [-0.3, -0.25) is 9.78 Å². The summed E-state index contributed by atoms with van der Waals surface area (Å²) in [5, 5.41) is 2.58. The number of hydrogen-bond acceptors (Lipinski definition) is 2. The molecule has 2 rings (SSSR count). The van der Waals surface area contributed by atoms with Gasteiger partial charge in [0.15, 0.2) is 0 Å². The first kappa shape index (κ1) is 16.0. The van der Waals surface area contributed by atoms with Crippen molar-refractivity contribution in [2.24, 2.45) is 0 Å². The summed E-state index contributed by atoms with van der Waals surface area (Å²) in [5.41, 5.74) is 0.851. The Morgan fingerprint density at radius 1 is 1.23 bits per heavy atom. The van der Waals surface area contributed by atoms with Crippen LogP contribution in [0.3, 0.4) is 0 Å². The lowest BCUT2D eigenvalue weighted by Gasteiger charge is -2.11. The van der Waals surface area contributed by atoms with Crippen LogP contribution in [0.5, 0.6) is 0 Å². The van der Waals surface area contributed by atoms with E-state index in [1.54, 1.807) is 12.1 Å². The molecule has 1 aromatic carbocycles. The zero-order valence-corrected chi connectivity index (χ0v) is 12.2. The molecule has 1 heterocycles. The topological polar surface area (TPSA) is 42.0 Å². The molecule has 0 aliphatic heterocycles. The lowest BCUT2D eigenvalue weighted by atomic mass is 10.1. The highest BCUT2D eigenvalue weighted by atomic mass is 19.4. The molecule has 0 fully saturated rings. The Bertz CT molecular complexity index is 679. The van der Waals surface area contributed by atoms with Crippen molar-refractivity contribution >= 4 is 11.6 Å². The number of carbonyl (C=O) groups is 1. The maximum Gasteiger partial charge on any atom is 0.417 e. The van der Waals surface area contributed by atoms with Crippen LogP contribution in [0.25, 0.3) is 0 Å². The van der Waals surface area contributed by atoms with Gasteiger partial charge in [0.1, 0.15) is 0 Å². The molecule has 6 heteroatoms. The second-order valence-corrected chi connectivity index (χ2v) is 4.86. The molecule has 22 heavy (non-hydrogen) atoms. The van der Waals surface area contributed by atoms with E-state index in [-0.39, 0.29) is 11.3 Å². The molecule has 0 atom stereocenters. The summed E-state index contributed by atoms with van der Waals surface area (Å²) in [7, 11) is 0. The van der Waals surface area contributed by atoms with Crippen molar-refractivity contribution < 1.29 is 18.0 Å². The van der Waals surface area contributed by atoms with Crippen molar-refractivity contribution in [3.05, 3.63) is 58.9 Å². The number of benzene rings is 1. The normalized spacial score (nSPS) is 11.3. The van der Waals surface area contributed by atoms with Crippen LogP contribution in [0, 0.1) is 6.92 Å². The highest BCUT2D eigenvalue weighted by Crippen LogP contribution is 2.29. The Morgan fingerprint density at radius 3 is 2.41 bits per heavy atom. The van der Waals surface area contributed by atoms with Gasteiger partial charge in [0.05, 0.1) is 16.8 Å². The molecule has 0 aliphatic carbocycles. The minimum absolute atomic E-state index is 0.0885. The third-order valence-electron chi connectivity index (χ3n) is 3.28. The molecule has 0 unspecified atom stereocenters. The van der Waals surface area contributed by atoms with Crippen LogP contribution in [0.1, 0.15) is 34.1 Å². The van der Waals surface area contributed by atoms with Crippen LogP contribution in [0.2, 0.25) is 0 Å². The summed E-state index contributed by atoms with van der Waals surface area (Å²) in [5.74, 6) is -0.611. The van der Waals surface area contributed by atoms with Gasteiger partial charge in [0, 0.05) is 11.9 Å². The monoisotopic (exact) mass is 308 g/mol. The smallest absolute Gasteiger partial charge is 0.322 e. The molecule has 0 aliphatic rings. The predicted molar refractivity (Wildman–Crippen MR) is 77.7 cm³/mol. The van der Waals surface area contributed by atoms with Gasteiger partial charge < -0.3 is 5.32 Å². The third-order valence-corrected chi connectivity index (χ3v) is 3.28. The average Bonchev–Trinajstić information content (AvgIpc) is 2.47. The number of halogens is 3. The van der Waals surface area contributed by atoms with Gasteiger partial charge in [-0.2, -0.15) is 13.2 Å². The van der Waals surface area contributed by atoms with E-state index < -0.39 is 17.6 Å². The van der Waals surface area contributed by atoms with Crippen LogP contribution in [-0.2, 0) is 12.6 Å². The molecule has 3 nitrogen and oxygen atoms in total. The molecule has 116 valence electrons. The van der Waals surface area contributed by atoms with Crippen molar-refractivity contribution in [2.45, 2.75) is 26.4 Å². The summed E-state index contributed by atoms with van der Waals surface area (Å²) < 4.78 is 38.1. The van der Waals surface area contributed by atoms with Crippen LogP contribution in [-0.4, -0.2) is 10.9 Å². The molecular weight excluding hydrogens is 293 g/mol. The fourth-order valence-corrected chi connectivity index (χ4v) is 1.94. The van der Waals surface area contributed by atoms with E-state index in [1.165, 1.54) is 6.92 Å². The molecular formula is C16H15F3N2O. The zero-order valence-electron chi connectivity index (χ0n) is 12.2. The van der Waals surface area contributed by atoms with Gasteiger partial charge in [0.25, 0.3) is 5.91 Å². The molecule has 1 amide bonds. The van der Waals surface area contributed by atoms with Crippen molar-refractivity contribution in [2.75, 3.05) is 5.32 Å². The van der Waals surface area contributed by atoms with Gasteiger partial charge in [-0.15, -0.1) is 0 Å². The van der Waals surface area contributed by atoms with Gasteiger partial charge in [0.2, 0.25) is 0 Å². The van der Waals surface area contributed by atoms with E-state index in [0.717, 1.165) is 24.2 Å². The van der Waals surface area contributed by atoms with Crippen molar-refractivity contribution in [1.82, 2.24) is 4.98 Å². The Hall–Kier alpha value is -2.37. The van der Waals surface area contributed by atoms with Crippen molar-refractivity contribution in [1.29, 1.82) is 0 Å². The van der Waals surface area contributed by atoms with E-state index in [4.69, 9.17) is 0 Å². The quantitative estimate of drug-likeness (QED) is 0.922. The number of rotatable bonds is 3. The first-order valence-corrected chi connectivity index (χ1v) is 6.75. The number of aromatic nitrogens is 1. The number of carbonyl (C=O) groups excluding carboxylic acids is 1. The van der Waals surface area contributed by atoms with Crippen LogP contribution in [0.15, 0.2) is 36.5 Å². The van der Waals surface area contributed by atoms with Crippen molar-refractivity contribution in [3.63, 3.8) is 0 Å². The number of amides is 1. The highest BCUT2D eigenvalue weighted by Gasteiger charge is 2.32. The van der Waals surface area contributed by atoms with E-state index >= 15 is 0 Å². The number of aryl methyl sites for hydroxylation is 2. The van der Waals surface area contributed by atoms with Gasteiger partial charge in [-0.1, -0.05) is 19.1 Å². The first-order valence-electron chi connectivity index (χ1n) is 6.75. The maximum atomic E-state index is 12.7. The van der Waals surface area contributed by atoms with Gasteiger partial charge in [-0.25, -0.2) is 0 Å². The molecule has 2 aromatic rings. The van der Waals surface area contributed by atoms with E-state index in [2.05, 4.69) is 10.3 Å². The second kappa shape index (κ2) is 6.17. The summed E-state index contributed by atoms with van der Waals surface area (Å²) in [6.45, 7) is 3.50. The number of nitrogens with one attached hydrogen (secondary N) is 1. The van der Waals surface area contributed by atoms with E-state index in [9.17, 15) is 18.0 Å². The third kappa shape index (κ3) is 3.63. The van der Waals surface area contributed by atoms with Crippen molar-refractivity contribution in [3.8, 4) is 0 Å². The lowest BCUT2D eigenvalue weighted by molar-refractivity contribution is -0.137. The second-order valence-electron chi connectivity index (χ2n) is 4.86. The summed E-state index contributed by atoms with van der Waals surface area (Å²) >= 11 is 0. The molecule has 1 aromatic heterocycles. The molecule has 0 radical (unpaired) electrons. The van der Waals surface area contributed by atoms with Crippen LogP contribution < -0.4 is 5.32 Å².